The number of nitrogens with zero attached hydrogens (tertiary/aromatic N) is 3. The van der Waals surface area contributed by atoms with Crippen LogP contribution in [0, 0.1) is 19.8 Å². The van der Waals surface area contributed by atoms with Crippen molar-refractivity contribution in [2.45, 2.75) is 33.1 Å². The number of hydrogen-bond acceptors (Lipinski definition) is 5. The summed E-state index contributed by atoms with van der Waals surface area (Å²) in [6.07, 6.45) is 1.74. The molecule has 7 nitrogen and oxygen atoms in total. The Morgan fingerprint density at radius 2 is 1.79 bits per heavy atom. The lowest BCUT2D eigenvalue weighted by molar-refractivity contribution is -0.131. The Labute approximate surface area is 170 Å². The highest BCUT2D eigenvalue weighted by atomic mass is 16.6. The molecule has 2 aliphatic heterocycles. The fourth-order valence-corrected chi connectivity index (χ4v) is 4.16. The minimum absolute atomic E-state index is 0.0662. The van der Waals surface area contributed by atoms with Crippen LogP contribution < -0.4 is 9.47 Å². The van der Waals surface area contributed by atoms with Gasteiger partial charge in [0.15, 0.2) is 17.3 Å². The topological polar surface area (TPSA) is 73.7 Å². The van der Waals surface area contributed by atoms with Crippen molar-refractivity contribution in [3.05, 3.63) is 40.7 Å². The maximum absolute atomic E-state index is 12.9. The molecule has 154 valence electrons. The van der Waals surface area contributed by atoms with Crippen LogP contribution in [0.15, 0.2) is 18.2 Å². The summed E-state index contributed by atoms with van der Waals surface area (Å²) in [5.74, 6) is 1.48. The van der Waals surface area contributed by atoms with E-state index in [4.69, 9.17) is 9.47 Å². The molecule has 0 aliphatic carbocycles. The second-order valence-corrected chi connectivity index (χ2v) is 7.83. The van der Waals surface area contributed by atoms with Crippen LogP contribution in [0.2, 0.25) is 0 Å². The highest BCUT2D eigenvalue weighted by Crippen LogP contribution is 2.32. The molecule has 1 saturated heterocycles. The van der Waals surface area contributed by atoms with E-state index in [-0.39, 0.29) is 17.6 Å². The van der Waals surface area contributed by atoms with Crippen LogP contribution in [0.25, 0.3) is 0 Å². The van der Waals surface area contributed by atoms with Crippen molar-refractivity contribution in [1.29, 1.82) is 0 Å². The summed E-state index contributed by atoms with van der Waals surface area (Å²) in [5.41, 5.74) is 3.59. The largest absolute Gasteiger partial charge is 0.486 e. The van der Waals surface area contributed by atoms with E-state index >= 15 is 0 Å². The molecule has 1 amide bonds. The number of ether oxygens (including phenoxy) is 2. The molecule has 1 aromatic heterocycles. The zero-order valence-corrected chi connectivity index (χ0v) is 17.2. The van der Waals surface area contributed by atoms with Crippen LogP contribution in [0.5, 0.6) is 11.5 Å². The van der Waals surface area contributed by atoms with Gasteiger partial charge in [-0.25, -0.2) is 0 Å². The van der Waals surface area contributed by atoms with Crippen LogP contribution in [-0.2, 0) is 18.3 Å². The summed E-state index contributed by atoms with van der Waals surface area (Å²) in [7, 11) is 1.89. The molecule has 0 bridgehead atoms. The molecule has 2 aromatic rings. The van der Waals surface area contributed by atoms with E-state index in [1.165, 1.54) is 0 Å². The average Bonchev–Trinajstić information content (AvgIpc) is 2.99. The van der Waals surface area contributed by atoms with Crippen LogP contribution in [0.4, 0.5) is 0 Å². The summed E-state index contributed by atoms with van der Waals surface area (Å²) in [6.45, 7) is 6.18. The SMILES string of the molecule is Cc1nn(C)c(C)c1CC(=O)N1CCC(C(=O)c2ccc3c(c2)OCCO3)CC1. The fourth-order valence-electron chi connectivity index (χ4n) is 4.16. The number of rotatable bonds is 4. The lowest BCUT2D eigenvalue weighted by Gasteiger charge is -2.31. The molecule has 0 radical (unpaired) electrons. The first-order valence-electron chi connectivity index (χ1n) is 10.1. The normalized spacial score (nSPS) is 16.7. The van der Waals surface area contributed by atoms with E-state index in [2.05, 4.69) is 5.10 Å². The highest BCUT2D eigenvalue weighted by molar-refractivity contribution is 5.98. The Morgan fingerprint density at radius 3 is 2.45 bits per heavy atom. The third kappa shape index (κ3) is 3.86. The average molecular weight is 397 g/mol. The maximum Gasteiger partial charge on any atom is 0.227 e. The third-order valence-electron chi connectivity index (χ3n) is 6.03. The molecule has 3 heterocycles. The van der Waals surface area contributed by atoms with Gasteiger partial charge in [-0.3, -0.25) is 14.3 Å². The van der Waals surface area contributed by atoms with Gasteiger partial charge < -0.3 is 14.4 Å². The van der Waals surface area contributed by atoms with Gasteiger partial charge >= 0.3 is 0 Å². The lowest BCUT2D eigenvalue weighted by atomic mass is 9.88. The standard InChI is InChI=1S/C22H27N3O4/c1-14-18(15(2)24(3)23-14)13-21(26)25-8-6-16(7-9-25)22(27)17-4-5-19-20(12-17)29-11-10-28-19/h4-5,12,16H,6-11,13H2,1-3H3. The summed E-state index contributed by atoms with van der Waals surface area (Å²) in [5, 5.41) is 4.39. The molecule has 2 aliphatic rings. The number of amides is 1. The number of likely N-dealkylation sites (tertiary alicyclic amines) is 1. The van der Waals surface area contributed by atoms with Crippen LogP contribution in [0.1, 0.15) is 40.2 Å². The third-order valence-corrected chi connectivity index (χ3v) is 6.03. The predicted octanol–water partition coefficient (Wildman–Crippen LogP) is 2.47. The van der Waals surface area contributed by atoms with E-state index in [0.717, 1.165) is 17.0 Å². The number of fused-ring (bicyclic) bond motifs is 1. The molecular formula is C22H27N3O4. The number of carbonyl (C=O) groups excluding carboxylic acids is 2. The van der Waals surface area contributed by atoms with Crippen molar-refractivity contribution in [1.82, 2.24) is 14.7 Å². The number of Topliss-reactive ketones (excluding diaryl/α,β-unsaturated/α-hetero) is 1. The molecule has 0 saturated carbocycles. The molecule has 4 rings (SSSR count). The van der Waals surface area contributed by atoms with Gasteiger partial charge in [0.25, 0.3) is 0 Å². The van der Waals surface area contributed by atoms with E-state index in [1.54, 1.807) is 18.2 Å². The van der Waals surface area contributed by atoms with Gasteiger partial charge in [0, 0.05) is 42.9 Å². The Balaban J connectivity index is 1.36. The van der Waals surface area contributed by atoms with E-state index < -0.39 is 0 Å². The first-order chi connectivity index (χ1) is 13.9. The second-order valence-electron chi connectivity index (χ2n) is 7.83. The highest BCUT2D eigenvalue weighted by Gasteiger charge is 2.29. The first kappa shape index (κ1) is 19.5. The van der Waals surface area contributed by atoms with E-state index in [1.807, 2.05) is 30.5 Å². The smallest absolute Gasteiger partial charge is 0.227 e. The Bertz CT molecular complexity index is 942. The first-order valence-corrected chi connectivity index (χ1v) is 10.1. The zero-order chi connectivity index (χ0) is 20.5. The van der Waals surface area contributed by atoms with E-state index in [9.17, 15) is 9.59 Å². The number of carbonyl (C=O) groups is 2. The van der Waals surface area contributed by atoms with Gasteiger partial charge in [-0.1, -0.05) is 0 Å². The second kappa shape index (κ2) is 7.89. The number of benzene rings is 1. The molecule has 0 atom stereocenters. The number of ketones is 1. The lowest BCUT2D eigenvalue weighted by Crippen LogP contribution is -2.41. The zero-order valence-electron chi connectivity index (χ0n) is 17.2. The van der Waals surface area contributed by atoms with Crippen LogP contribution in [-0.4, -0.2) is 52.7 Å². The predicted molar refractivity (Wildman–Crippen MR) is 107 cm³/mol. The molecule has 29 heavy (non-hydrogen) atoms. The molecule has 0 spiro atoms. The van der Waals surface area contributed by atoms with Crippen LogP contribution >= 0.6 is 0 Å². The van der Waals surface area contributed by atoms with Crippen molar-refractivity contribution < 1.29 is 19.1 Å². The summed E-state index contributed by atoms with van der Waals surface area (Å²) >= 11 is 0. The van der Waals surface area contributed by atoms with Crippen LogP contribution in [0.3, 0.4) is 0 Å². The monoisotopic (exact) mass is 397 g/mol. The Kier molecular flexibility index (Phi) is 5.30. The van der Waals surface area contributed by atoms with Crippen molar-refractivity contribution >= 4 is 11.7 Å². The number of aryl methyl sites for hydroxylation is 2. The maximum atomic E-state index is 12.9. The van der Waals surface area contributed by atoms with Crippen molar-refractivity contribution in [2.24, 2.45) is 13.0 Å². The number of aromatic nitrogens is 2. The molecule has 0 N–H and O–H groups in total. The van der Waals surface area contributed by atoms with Crippen molar-refractivity contribution in [3.8, 4) is 11.5 Å². The molecule has 7 heteroatoms. The van der Waals surface area contributed by atoms with Gasteiger partial charge in [-0.05, 0) is 44.9 Å². The van der Waals surface area contributed by atoms with E-state index in [0.29, 0.717) is 62.6 Å². The Hall–Kier alpha value is -2.83. The van der Waals surface area contributed by atoms with Gasteiger partial charge in [0.2, 0.25) is 5.91 Å². The fraction of sp³-hybridized carbons (Fsp3) is 0.500. The minimum Gasteiger partial charge on any atom is -0.486 e. The quantitative estimate of drug-likeness (QED) is 0.741. The Morgan fingerprint density at radius 1 is 1.10 bits per heavy atom. The van der Waals surface area contributed by atoms with Gasteiger partial charge in [0.05, 0.1) is 12.1 Å². The summed E-state index contributed by atoms with van der Waals surface area (Å²) in [4.78, 5) is 27.6. The van der Waals surface area contributed by atoms with Crippen molar-refractivity contribution in [2.75, 3.05) is 26.3 Å². The molecule has 1 fully saturated rings. The number of piperidine rings is 1. The van der Waals surface area contributed by atoms with Crippen molar-refractivity contribution in [3.63, 3.8) is 0 Å². The molecule has 1 aromatic carbocycles. The number of hydrogen-bond donors (Lipinski definition) is 0. The summed E-state index contributed by atoms with van der Waals surface area (Å²) < 4.78 is 12.9. The van der Waals surface area contributed by atoms with Gasteiger partial charge in [-0.15, -0.1) is 0 Å². The molecular weight excluding hydrogens is 370 g/mol. The van der Waals surface area contributed by atoms with Gasteiger partial charge in [-0.2, -0.15) is 5.10 Å². The minimum atomic E-state index is -0.0662. The molecule has 0 unspecified atom stereocenters. The van der Waals surface area contributed by atoms with Gasteiger partial charge in [0.1, 0.15) is 13.2 Å². The summed E-state index contributed by atoms with van der Waals surface area (Å²) in [6, 6.07) is 5.39.